The van der Waals surface area contributed by atoms with Crippen molar-refractivity contribution in [2.75, 3.05) is 5.32 Å². The summed E-state index contributed by atoms with van der Waals surface area (Å²) in [5.41, 5.74) is 0.681. The summed E-state index contributed by atoms with van der Waals surface area (Å²) in [7, 11) is 0. The maximum absolute atomic E-state index is 13.2. The summed E-state index contributed by atoms with van der Waals surface area (Å²) in [4.78, 5) is 37.6. The fourth-order valence-electron chi connectivity index (χ4n) is 2.81. The topological polar surface area (TPSA) is 73.1 Å². The summed E-state index contributed by atoms with van der Waals surface area (Å²) >= 11 is 1.25. The van der Waals surface area contributed by atoms with Crippen LogP contribution in [0.2, 0.25) is 0 Å². The molecule has 3 rings (SSSR count). The number of nitrogens with zero attached hydrogens (tertiary/aromatic N) is 2. The second-order valence-corrected chi connectivity index (χ2v) is 6.88. The second kappa shape index (κ2) is 7.25. The van der Waals surface area contributed by atoms with Gasteiger partial charge >= 0.3 is 5.69 Å². The van der Waals surface area contributed by atoms with Crippen molar-refractivity contribution in [3.8, 4) is 0 Å². The first-order valence-electron chi connectivity index (χ1n) is 8.19. The maximum Gasteiger partial charge on any atom is 0.332 e. The van der Waals surface area contributed by atoms with Crippen molar-refractivity contribution >= 4 is 33.1 Å². The minimum atomic E-state index is -0.506. The number of hydrogen-bond donors (Lipinski definition) is 1. The van der Waals surface area contributed by atoms with E-state index in [0.29, 0.717) is 34.4 Å². The number of aromatic nitrogens is 2. The summed E-state index contributed by atoms with van der Waals surface area (Å²) in [5.74, 6) is -0.806. The molecular weight excluding hydrogens is 357 g/mol. The van der Waals surface area contributed by atoms with Gasteiger partial charge in [-0.3, -0.25) is 18.7 Å². The number of anilines is 1. The predicted octanol–water partition coefficient (Wildman–Crippen LogP) is 2.72. The third kappa shape index (κ3) is 3.32. The maximum atomic E-state index is 13.2. The van der Waals surface area contributed by atoms with E-state index in [1.165, 1.54) is 34.1 Å². The fourth-order valence-corrected chi connectivity index (χ4v) is 3.65. The molecule has 0 aliphatic rings. The van der Waals surface area contributed by atoms with Gasteiger partial charge in [-0.2, -0.15) is 0 Å². The summed E-state index contributed by atoms with van der Waals surface area (Å²) < 4.78 is 16.1. The SMILES string of the molecule is CCCn1c(=O)c2sccc2n(CC(=O)Nc2ccc(F)cc2C)c1=O. The molecule has 0 atom stereocenters. The molecule has 0 fully saturated rings. The number of nitrogens with one attached hydrogen (secondary N) is 1. The summed E-state index contributed by atoms with van der Waals surface area (Å²) in [5, 5.41) is 4.41. The van der Waals surface area contributed by atoms with Gasteiger partial charge in [0.2, 0.25) is 5.91 Å². The van der Waals surface area contributed by atoms with Crippen LogP contribution in [0.15, 0.2) is 39.2 Å². The zero-order chi connectivity index (χ0) is 18.8. The van der Waals surface area contributed by atoms with Gasteiger partial charge in [0.15, 0.2) is 0 Å². The predicted molar refractivity (Wildman–Crippen MR) is 100 cm³/mol. The molecule has 2 aromatic heterocycles. The van der Waals surface area contributed by atoms with Crippen molar-refractivity contribution in [1.82, 2.24) is 9.13 Å². The number of benzene rings is 1. The van der Waals surface area contributed by atoms with E-state index in [1.807, 2.05) is 6.92 Å². The van der Waals surface area contributed by atoms with Crippen LogP contribution in [0.5, 0.6) is 0 Å². The second-order valence-electron chi connectivity index (χ2n) is 5.97. The zero-order valence-corrected chi connectivity index (χ0v) is 15.2. The standard InChI is InChI=1S/C18H18FN3O3S/c1-3-7-21-17(24)16-14(6-8-26-16)22(18(21)25)10-15(23)20-13-5-4-12(19)9-11(13)2/h4-6,8-9H,3,7,10H2,1-2H3,(H,20,23). The molecular formula is C18H18FN3O3S. The number of amides is 1. The Labute approximate surface area is 152 Å². The lowest BCUT2D eigenvalue weighted by molar-refractivity contribution is -0.116. The number of halogens is 1. The van der Waals surface area contributed by atoms with Gasteiger partial charge in [0.25, 0.3) is 5.56 Å². The lowest BCUT2D eigenvalue weighted by atomic mass is 10.2. The Balaban J connectivity index is 1.98. The average molecular weight is 375 g/mol. The van der Waals surface area contributed by atoms with Gasteiger partial charge in [-0.15, -0.1) is 11.3 Å². The van der Waals surface area contributed by atoms with Gasteiger partial charge < -0.3 is 5.32 Å². The van der Waals surface area contributed by atoms with Crippen molar-refractivity contribution < 1.29 is 9.18 Å². The van der Waals surface area contributed by atoms with Crippen molar-refractivity contribution in [3.05, 3.63) is 61.9 Å². The van der Waals surface area contributed by atoms with Crippen LogP contribution in [0.1, 0.15) is 18.9 Å². The van der Waals surface area contributed by atoms with E-state index in [0.717, 1.165) is 4.57 Å². The van der Waals surface area contributed by atoms with Gasteiger partial charge in [-0.25, -0.2) is 9.18 Å². The molecule has 0 radical (unpaired) electrons. The number of aryl methyl sites for hydroxylation is 1. The largest absolute Gasteiger partial charge is 0.332 e. The van der Waals surface area contributed by atoms with E-state index in [2.05, 4.69) is 5.32 Å². The molecule has 8 heteroatoms. The lowest BCUT2D eigenvalue weighted by Gasteiger charge is -2.13. The Bertz CT molecular complexity index is 1100. The highest BCUT2D eigenvalue weighted by Crippen LogP contribution is 2.17. The summed E-state index contributed by atoms with van der Waals surface area (Å²) in [6.45, 7) is 3.62. The van der Waals surface area contributed by atoms with Crippen LogP contribution in [0.4, 0.5) is 10.1 Å². The Morgan fingerprint density at radius 3 is 2.69 bits per heavy atom. The first kappa shape index (κ1) is 18.1. The molecule has 6 nitrogen and oxygen atoms in total. The number of thiophene rings is 1. The van der Waals surface area contributed by atoms with Crippen molar-refractivity contribution in [1.29, 1.82) is 0 Å². The quantitative estimate of drug-likeness (QED) is 0.745. The van der Waals surface area contributed by atoms with Crippen molar-refractivity contribution in [2.45, 2.75) is 33.4 Å². The van der Waals surface area contributed by atoms with Crippen LogP contribution in [-0.4, -0.2) is 15.0 Å². The van der Waals surface area contributed by atoms with Gasteiger partial charge in [-0.1, -0.05) is 6.92 Å². The molecule has 0 bridgehead atoms. The number of carbonyl (C=O) groups excluding carboxylic acids is 1. The molecule has 0 spiro atoms. The van der Waals surface area contributed by atoms with E-state index in [1.54, 1.807) is 18.4 Å². The van der Waals surface area contributed by atoms with Crippen LogP contribution >= 0.6 is 11.3 Å². The Kier molecular flexibility index (Phi) is 5.03. The van der Waals surface area contributed by atoms with E-state index in [9.17, 15) is 18.8 Å². The smallest absolute Gasteiger partial charge is 0.324 e. The third-order valence-corrected chi connectivity index (χ3v) is 4.94. The molecule has 0 aliphatic heterocycles. The third-order valence-electron chi connectivity index (χ3n) is 4.05. The van der Waals surface area contributed by atoms with Crippen LogP contribution in [0.25, 0.3) is 10.2 Å². The van der Waals surface area contributed by atoms with Gasteiger partial charge in [0.1, 0.15) is 17.1 Å². The molecule has 0 aliphatic carbocycles. The van der Waals surface area contributed by atoms with Crippen LogP contribution in [-0.2, 0) is 17.9 Å². The monoisotopic (exact) mass is 375 g/mol. The normalized spacial score (nSPS) is 11.0. The van der Waals surface area contributed by atoms with E-state index in [-0.39, 0.29) is 17.9 Å². The van der Waals surface area contributed by atoms with Crippen LogP contribution < -0.4 is 16.6 Å². The van der Waals surface area contributed by atoms with Crippen LogP contribution in [0, 0.1) is 12.7 Å². The molecule has 1 amide bonds. The van der Waals surface area contributed by atoms with E-state index in [4.69, 9.17) is 0 Å². The number of rotatable bonds is 5. The highest BCUT2D eigenvalue weighted by molar-refractivity contribution is 7.17. The van der Waals surface area contributed by atoms with Crippen molar-refractivity contribution in [3.63, 3.8) is 0 Å². The summed E-state index contributed by atoms with van der Waals surface area (Å²) in [6, 6.07) is 5.71. The number of hydrogen-bond acceptors (Lipinski definition) is 4. The molecule has 1 N–H and O–H groups in total. The molecule has 0 unspecified atom stereocenters. The minimum absolute atomic E-state index is 0.229. The average Bonchev–Trinajstić information content (AvgIpc) is 3.08. The first-order valence-corrected chi connectivity index (χ1v) is 9.07. The molecule has 1 aromatic carbocycles. The highest BCUT2D eigenvalue weighted by atomic mass is 32.1. The fraction of sp³-hybridized carbons (Fsp3) is 0.278. The Hall–Kier alpha value is -2.74. The van der Waals surface area contributed by atoms with E-state index < -0.39 is 11.6 Å². The molecule has 2 heterocycles. The lowest BCUT2D eigenvalue weighted by Crippen LogP contribution is -2.41. The van der Waals surface area contributed by atoms with E-state index >= 15 is 0 Å². The van der Waals surface area contributed by atoms with Gasteiger partial charge in [0, 0.05) is 12.2 Å². The van der Waals surface area contributed by atoms with Gasteiger partial charge in [-0.05, 0) is 48.6 Å². The summed E-state index contributed by atoms with van der Waals surface area (Å²) in [6.07, 6.45) is 0.632. The molecule has 0 saturated carbocycles. The molecule has 0 saturated heterocycles. The highest BCUT2D eigenvalue weighted by Gasteiger charge is 2.16. The minimum Gasteiger partial charge on any atom is -0.324 e. The molecule has 3 aromatic rings. The van der Waals surface area contributed by atoms with Crippen LogP contribution in [0.3, 0.4) is 0 Å². The van der Waals surface area contributed by atoms with Crippen molar-refractivity contribution in [2.24, 2.45) is 0 Å². The first-order chi connectivity index (χ1) is 12.4. The Morgan fingerprint density at radius 1 is 1.23 bits per heavy atom. The van der Waals surface area contributed by atoms with Gasteiger partial charge in [0.05, 0.1) is 5.52 Å². The molecule has 26 heavy (non-hydrogen) atoms. The number of carbonyl (C=O) groups is 1. The zero-order valence-electron chi connectivity index (χ0n) is 14.4. The molecule has 136 valence electrons. The number of fused-ring (bicyclic) bond motifs is 1. The Morgan fingerprint density at radius 2 is 2.00 bits per heavy atom.